The highest BCUT2D eigenvalue weighted by atomic mass is 32.1. The van der Waals surface area contributed by atoms with Crippen LogP contribution in [0.15, 0.2) is 47.8 Å². The number of amides is 4. The first kappa shape index (κ1) is 24.2. The number of benzene rings is 2. The molecule has 1 unspecified atom stereocenters. The molecule has 2 aromatic carbocycles. The molecule has 0 bridgehead atoms. The molecule has 1 atom stereocenters. The number of carbonyl (C=O) groups is 3. The second-order valence-corrected chi connectivity index (χ2v) is 9.17. The maximum Gasteiger partial charge on any atom is 0.325 e. The summed E-state index contributed by atoms with van der Waals surface area (Å²) in [6.45, 7) is 5.04. The highest BCUT2D eigenvalue weighted by Crippen LogP contribution is 2.36. The van der Waals surface area contributed by atoms with E-state index in [0.29, 0.717) is 33.6 Å². The maximum absolute atomic E-state index is 13.4. The maximum atomic E-state index is 13.4. The molecule has 3 aromatic rings. The fourth-order valence-corrected chi connectivity index (χ4v) is 4.89. The highest BCUT2D eigenvalue weighted by Gasteiger charge is 2.49. The van der Waals surface area contributed by atoms with Gasteiger partial charge in [0.05, 0.1) is 32.1 Å². The molecule has 0 spiro atoms. The van der Waals surface area contributed by atoms with Gasteiger partial charge >= 0.3 is 6.03 Å². The van der Waals surface area contributed by atoms with Crippen LogP contribution >= 0.6 is 11.3 Å². The Balaban J connectivity index is 1.58. The van der Waals surface area contributed by atoms with Crippen LogP contribution in [0.3, 0.4) is 0 Å². The Bertz CT molecular complexity index is 1310. The number of methoxy groups -OCH3 is 2. The van der Waals surface area contributed by atoms with E-state index in [4.69, 9.17) is 9.47 Å². The van der Waals surface area contributed by atoms with Crippen LogP contribution in [-0.4, -0.2) is 41.9 Å². The van der Waals surface area contributed by atoms with Crippen molar-refractivity contribution in [3.63, 3.8) is 0 Å². The van der Waals surface area contributed by atoms with Crippen molar-refractivity contribution in [1.82, 2.24) is 15.2 Å². The predicted octanol–water partition coefficient (Wildman–Crippen LogP) is 4.12. The van der Waals surface area contributed by atoms with Crippen molar-refractivity contribution in [1.29, 1.82) is 0 Å². The number of anilines is 2. The van der Waals surface area contributed by atoms with Crippen molar-refractivity contribution >= 4 is 40.0 Å². The molecule has 1 fully saturated rings. The van der Waals surface area contributed by atoms with Gasteiger partial charge in [-0.15, -0.1) is 11.3 Å². The zero-order valence-electron chi connectivity index (χ0n) is 20.1. The minimum Gasteiger partial charge on any atom is -0.493 e. The molecule has 1 N–H and O–H groups in total. The van der Waals surface area contributed by atoms with Crippen LogP contribution in [0.2, 0.25) is 0 Å². The van der Waals surface area contributed by atoms with Crippen molar-refractivity contribution < 1.29 is 23.9 Å². The summed E-state index contributed by atoms with van der Waals surface area (Å²) in [4.78, 5) is 45.8. The van der Waals surface area contributed by atoms with Crippen LogP contribution in [0.1, 0.15) is 30.7 Å². The van der Waals surface area contributed by atoms with E-state index in [1.807, 2.05) is 31.2 Å². The fraction of sp³-hybridized carbons (Fsp3) is 0.280. The number of thiazole rings is 1. The molecule has 1 aliphatic heterocycles. The zero-order valence-corrected chi connectivity index (χ0v) is 20.9. The van der Waals surface area contributed by atoms with Gasteiger partial charge in [0.25, 0.3) is 5.91 Å². The average Bonchev–Trinajstić information content (AvgIpc) is 3.37. The van der Waals surface area contributed by atoms with Gasteiger partial charge in [-0.2, -0.15) is 0 Å². The molecule has 1 aromatic heterocycles. The smallest absolute Gasteiger partial charge is 0.325 e. The van der Waals surface area contributed by atoms with Gasteiger partial charge in [0.2, 0.25) is 5.91 Å². The van der Waals surface area contributed by atoms with E-state index in [9.17, 15) is 14.4 Å². The van der Waals surface area contributed by atoms with E-state index in [1.54, 1.807) is 30.5 Å². The van der Waals surface area contributed by atoms with Crippen LogP contribution in [0.5, 0.6) is 11.5 Å². The zero-order chi connectivity index (χ0) is 25.3. The topological polar surface area (TPSA) is 101 Å². The summed E-state index contributed by atoms with van der Waals surface area (Å²) in [5, 5.41) is 5.00. The molecule has 182 valence electrons. The molecule has 0 saturated carbocycles. The number of ether oxygens (including phenoxy) is 2. The van der Waals surface area contributed by atoms with Gasteiger partial charge in [0, 0.05) is 12.3 Å². The summed E-state index contributed by atoms with van der Waals surface area (Å²) in [5.74, 6) is 0.377. The Morgan fingerprint density at radius 3 is 2.54 bits per heavy atom. The minimum atomic E-state index is -1.28. The lowest BCUT2D eigenvalue weighted by molar-refractivity contribution is -0.131. The Morgan fingerprint density at radius 2 is 1.89 bits per heavy atom. The lowest BCUT2D eigenvalue weighted by Gasteiger charge is -2.23. The molecular weight excluding hydrogens is 468 g/mol. The van der Waals surface area contributed by atoms with Crippen LogP contribution in [0.4, 0.5) is 15.6 Å². The Morgan fingerprint density at radius 1 is 1.14 bits per heavy atom. The monoisotopic (exact) mass is 494 g/mol. The number of aromatic nitrogens is 1. The van der Waals surface area contributed by atoms with E-state index in [0.717, 1.165) is 10.5 Å². The first-order valence-corrected chi connectivity index (χ1v) is 11.7. The molecular formula is C25H26N4O5S. The summed E-state index contributed by atoms with van der Waals surface area (Å²) in [7, 11) is 3.03. The molecule has 10 heteroatoms. The average molecular weight is 495 g/mol. The lowest BCUT2D eigenvalue weighted by Crippen LogP contribution is -2.40. The number of aryl methyl sites for hydroxylation is 1. The Hall–Kier alpha value is -3.92. The number of urea groups is 1. The van der Waals surface area contributed by atoms with Gasteiger partial charge in [0.15, 0.2) is 16.6 Å². The van der Waals surface area contributed by atoms with Crippen molar-refractivity contribution in [3.8, 4) is 11.5 Å². The van der Waals surface area contributed by atoms with Crippen LogP contribution < -0.4 is 19.7 Å². The van der Waals surface area contributed by atoms with Gasteiger partial charge in [-0.3, -0.25) is 19.4 Å². The molecule has 1 saturated heterocycles. The van der Waals surface area contributed by atoms with E-state index < -0.39 is 17.5 Å². The second-order valence-electron chi connectivity index (χ2n) is 8.33. The fourth-order valence-electron chi connectivity index (χ4n) is 4.01. The largest absolute Gasteiger partial charge is 0.493 e. The third kappa shape index (κ3) is 4.44. The van der Waals surface area contributed by atoms with Gasteiger partial charge in [0.1, 0.15) is 5.54 Å². The number of imide groups is 1. The van der Waals surface area contributed by atoms with Crippen LogP contribution in [-0.2, 0) is 21.7 Å². The Kier molecular flexibility index (Phi) is 6.49. The molecule has 4 rings (SSSR count). The normalized spacial score (nSPS) is 17.3. The molecule has 0 aliphatic carbocycles. The van der Waals surface area contributed by atoms with Gasteiger partial charge in [-0.1, -0.05) is 18.2 Å². The summed E-state index contributed by atoms with van der Waals surface area (Å²) >= 11 is 1.27. The lowest BCUT2D eigenvalue weighted by atomic mass is 9.91. The summed E-state index contributed by atoms with van der Waals surface area (Å²) in [6.07, 6.45) is 0. The standard InChI is InChI=1S/C25H26N4O5S/c1-15-7-6-8-19(11-15)29(16(2)30)24-26-18(14-35-24)13-28-22(31)25(3,27-23(28)32)17-9-10-20(33-4)21(12-17)34-5/h6-12,14H,13H2,1-5H3,(H,27,32). The summed E-state index contributed by atoms with van der Waals surface area (Å²) in [5.41, 5.74) is 1.51. The van der Waals surface area contributed by atoms with Gasteiger partial charge < -0.3 is 14.8 Å². The number of hydrogen-bond donors (Lipinski definition) is 1. The summed E-state index contributed by atoms with van der Waals surface area (Å²) in [6, 6.07) is 12.1. The van der Waals surface area contributed by atoms with Crippen LogP contribution in [0, 0.1) is 6.92 Å². The number of rotatable bonds is 7. The summed E-state index contributed by atoms with van der Waals surface area (Å²) < 4.78 is 10.6. The van der Waals surface area contributed by atoms with E-state index in [2.05, 4.69) is 10.3 Å². The molecule has 1 aliphatic rings. The molecule has 0 radical (unpaired) electrons. The minimum absolute atomic E-state index is 0.0242. The third-order valence-electron chi connectivity index (χ3n) is 5.86. The van der Waals surface area contributed by atoms with Crippen molar-refractivity contribution in [2.75, 3.05) is 19.1 Å². The molecule has 35 heavy (non-hydrogen) atoms. The quantitative estimate of drug-likeness (QED) is 0.496. The number of nitrogens with one attached hydrogen (secondary N) is 1. The Labute approximate surface area is 207 Å². The van der Waals surface area contributed by atoms with Gasteiger partial charge in [-0.05, 0) is 49.2 Å². The van der Waals surface area contributed by atoms with Crippen molar-refractivity contribution in [2.45, 2.75) is 32.9 Å². The van der Waals surface area contributed by atoms with Crippen molar-refractivity contribution in [3.05, 3.63) is 64.7 Å². The van der Waals surface area contributed by atoms with E-state index in [-0.39, 0.29) is 12.5 Å². The number of carbonyl (C=O) groups excluding carboxylic acids is 3. The first-order chi connectivity index (χ1) is 16.7. The SMILES string of the molecule is COc1ccc(C2(C)NC(=O)N(Cc3csc(N(C(C)=O)c4cccc(C)c4)n3)C2=O)cc1OC. The van der Waals surface area contributed by atoms with Gasteiger partial charge in [-0.25, -0.2) is 9.78 Å². The number of hydrogen-bond acceptors (Lipinski definition) is 7. The third-order valence-corrected chi connectivity index (χ3v) is 6.74. The van der Waals surface area contributed by atoms with E-state index >= 15 is 0 Å². The highest BCUT2D eigenvalue weighted by molar-refractivity contribution is 7.14. The predicted molar refractivity (Wildman–Crippen MR) is 132 cm³/mol. The van der Waals surface area contributed by atoms with Crippen molar-refractivity contribution in [2.24, 2.45) is 0 Å². The molecule has 4 amide bonds. The molecule has 9 nitrogen and oxygen atoms in total. The first-order valence-electron chi connectivity index (χ1n) is 10.9. The second kappa shape index (κ2) is 9.38. The molecule has 2 heterocycles. The van der Waals surface area contributed by atoms with Crippen LogP contribution in [0.25, 0.3) is 0 Å². The number of nitrogens with zero attached hydrogens (tertiary/aromatic N) is 3. The van der Waals surface area contributed by atoms with E-state index in [1.165, 1.54) is 37.4 Å².